The second-order valence-electron chi connectivity index (χ2n) is 4.51. The number of nitrogens with two attached hydrogens (primary N) is 1. The molecule has 0 aliphatic rings. The van der Waals surface area contributed by atoms with Crippen molar-refractivity contribution < 1.29 is 0 Å². The third-order valence-corrected chi connectivity index (χ3v) is 4.21. The molecule has 3 N–H and O–H groups in total. The Morgan fingerprint density at radius 2 is 2.11 bits per heavy atom. The maximum Gasteiger partial charge on any atom is 0.107 e. The van der Waals surface area contributed by atoms with Gasteiger partial charge in [-0.2, -0.15) is 0 Å². The minimum Gasteiger partial charge on any atom is -0.389 e. The number of hydrogen-bond donors (Lipinski definition) is 2. The van der Waals surface area contributed by atoms with E-state index in [4.69, 9.17) is 18.0 Å². The summed E-state index contributed by atoms with van der Waals surface area (Å²) in [4.78, 5) is 1.65. The molecule has 0 bridgehead atoms. The summed E-state index contributed by atoms with van der Waals surface area (Å²) < 4.78 is 0. The molecule has 106 valence electrons. The van der Waals surface area contributed by atoms with Crippen molar-refractivity contribution in [1.82, 2.24) is 0 Å². The van der Waals surface area contributed by atoms with Crippen LogP contribution < -0.4 is 11.1 Å². The van der Waals surface area contributed by atoms with Crippen LogP contribution in [0.4, 0.5) is 5.69 Å². The molecule has 0 radical (unpaired) electrons. The number of hydrogen-bond acceptors (Lipinski definition) is 3. The highest BCUT2D eigenvalue weighted by atomic mass is 32.2. The van der Waals surface area contributed by atoms with Gasteiger partial charge in [0.15, 0.2) is 0 Å². The minimum absolute atomic E-state index is 0.477. The second-order valence-corrected chi connectivity index (χ2v) is 6.26. The van der Waals surface area contributed by atoms with Crippen molar-refractivity contribution in [2.45, 2.75) is 51.0 Å². The summed E-state index contributed by atoms with van der Waals surface area (Å²) in [5, 5.41) is 3.60. The number of rotatable bonds is 8. The topological polar surface area (TPSA) is 38.0 Å². The van der Waals surface area contributed by atoms with Crippen LogP contribution in [0.15, 0.2) is 23.1 Å². The Balaban J connectivity index is 3.04. The molecule has 0 saturated heterocycles. The highest BCUT2D eigenvalue weighted by Crippen LogP contribution is 2.29. The first-order valence-corrected chi connectivity index (χ1v) is 8.35. The van der Waals surface area contributed by atoms with Crippen molar-refractivity contribution in [3.8, 4) is 0 Å². The summed E-state index contributed by atoms with van der Waals surface area (Å²) in [6.07, 6.45) is 3.45. The molecule has 0 saturated carbocycles. The van der Waals surface area contributed by atoms with Crippen LogP contribution in [0.2, 0.25) is 0 Å². The van der Waals surface area contributed by atoms with Crippen molar-refractivity contribution >= 4 is 34.7 Å². The van der Waals surface area contributed by atoms with Crippen LogP contribution >= 0.6 is 24.0 Å². The minimum atomic E-state index is 0.477. The highest BCUT2D eigenvalue weighted by Gasteiger charge is 2.13. The van der Waals surface area contributed by atoms with Crippen molar-refractivity contribution in [2.24, 2.45) is 5.73 Å². The molecule has 0 amide bonds. The van der Waals surface area contributed by atoms with E-state index in [1.165, 1.54) is 17.7 Å². The van der Waals surface area contributed by atoms with Gasteiger partial charge in [0.2, 0.25) is 0 Å². The van der Waals surface area contributed by atoms with Gasteiger partial charge in [-0.05, 0) is 30.7 Å². The monoisotopic (exact) mass is 296 g/mol. The summed E-state index contributed by atoms with van der Waals surface area (Å²) in [7, 11) is 0. The molecule has 1 atom stereocenters. The van der Waals surface area contributed by atoms with Crippen molar-refractivity contribution in [2.75, 3.05) is 11.1 Å². The van der Waals surface area contributed by atoms with E-state index in [0.29, 0.717) is 11.0 Å². The Kier molecular flexibility index (Phi) is 7.24. The van der Waals surface area contributed by atoms with Crippen LogP contribution in [-0.2, 0) is 0 Å². The number of benzene rings is 1. The quantitative estimate of drug-likeness (QED) is 0.550. The molecule has 1 rings (SSSR count). The van der Waals surface area contributed by atoms with Crippen LogP contribution in [0.1, 0.15) is 45.6 Å². The first kappa shape index (κ1) is 16.3. The molecule has 0 aliphatic heterocycles. The van der Waals surface area contributed by atoms with Gasteiger partial charge in [-0.25, -0.2) is 0 Å². The van der Waals surface area contributed by atoms with Crippen LogP contribution in [0.25, 0.3) is 0 Å². The van der Waals surface area contributed by atoms with E-state index in [9.17, 15) is 0 Å². The smallest absolute Gasteiger partial charge is 0.107 e. The molecule has 19 heavy (non-hydrogen) atoms. The summed E-state index contributed by atoms with van der Waals surface area (Å²) in [6, 6.07) is 6.72. The molecule has 0 spiro atoms. The molecule has 1 aromatic carbocycles. The Labute approximate surface area is 126 Å². The first-order valence-electron chi connectivity index (χ1n) is 6.96. The first-order chi connectivity index (χ1) is 9.13. The number of anilines is 1. The van der Waals surface area contributed by atoms with Crippen molar-refractivity contribution in [3.63, 3.8) is 0 Å². The number of thioether (sulfide) groups is 1. The zero-order valence-electron chi connectivity index (χ0n) is 12.0. The molecule has 2 nitrogen and oxygen atoms in total. The molecule has 4 heteroatoms. The van der Waals surface area contributed by atoms with Crippen molar-refractivity contribution in [1.29, 1.82) is 0 Å². The van der Waals surface area contributed by atoms with Crippen LogP contribution in [0, 0.1) is 0 Å². The van der Waals surface area contributed by atoms with Gasteiger partial charge in [-0.15, -0.1) is 11.8 Å². The lowest BCUT2D eigenvalue weighted by atomic mass is 10.1. The number of thiocarbonyl (C=S) groups is 1. The van der Waals surface area contributed by atoms with E-state index in [1.807, 2.05) is 0 Å². The molecule has 1 aromatic rings. The highest BCUT2D eigenvalue weighted by molar-refractivity contribution is 7.99. The summed E-state index contributed by atoms with van der Waals surface area (Å²) in [5.41, 5.74) is 7.99. The third kappa shape index (κ3) is 4.69. The Morgan fingerprint density at radius 1 is 1.37 bits per heavy atom. The van der Waals surface area contributed by atoms with E-state index in [2.05, 4.69) is 44.3 Å². The Bertz CT molecular complexity index is 419. The van der Waals surface area contributed by atoms with Crippen LogP contribution in [-0.4, -0.2) is 16.8 Å². The average molecular weight is 297 g/mol. The summed E-state index contributed by atoms with van der Waals surface area (Å²) >= 11 is 7.01. The average Bonchev–Trinajstić information content (AvgIpc) is 2.38. The van der Waals surface area contributed by atoms with E-state index >= 15 is 0 Å². The molecule has 0 heterocycles. The lowest BCUT2D eigenvalue weighted by molar-refractivity contribution is 0.622. The number of nitrogens with one attached hydrogen (secondary N) is 1. The molecular formula is C15H24N2S2. The third-order valence-electron chi connectivity index (χ3n) is 3.06. The predicted octanol–water partition coefficient (Wildman–Crippen LogP) is 4.42. The van der Waals surface area contributed by atoms with Gasteiger partial charge >= 0.3 is 0 Å². The zero-order valence-corrected chi connectivity index (χ0v) is 13.7. The Morgan fingerprint density at radius 3 is 2.63 bits per heavy atom. The fraction of sp³-hybridized carbons (Fsp3) is 0.533. The largest absolute Gasteiger partial charge is 0.389 e. The van der Waals surface area contributed by atoms with E-state index < -0.39 is 0 Å². The van der Waals surface area contributed by atoms with Crippen LogP contribution in [0.5, 0.6) is 0 Å². The van der Waals surface area contributed by atoms with Gasteiger partial charge in [0, 0.05) is 22.2 Å². The van der Waals surface area contributed by atoms with Gasteiger partial charge in [0.1, 0.15) is 4.99 Å². The summed E-state index contributed by atoms with van der Waals surface area (Å²) in [5.74, 6) is 1.02. The molecule has 0 fully saturated rings. The van der Waals surface area contributed by atoms with E-state index in [-0.39, 0.29) is 0 Å². The van der Waals surface area contributed by atoms with Gasteiger partial charge in [-0.3, -0.25) is 0 Å². The normalized spacial score (nSPS) is 12.2. The fourth-order valence-electron chi connectivity index (χ4n) is 2.13. The van der Waals surface area contributed by atoms with Crippen LogP contribution in [0.3, 0.4) is 0 Å². The fourth-order valence-corrected chi connectivity index (χ4v) is 3.26. The zero-order chi connectivity index (χ0) is 14.3. The molecule has 0 aromatic heterocycles. The second kappa shape index (κ2) is 8.43. The van der Waals surface area contributed by atoms with E-state index in [0.717, 1.165) is 23.4 Å². The molecular weight excluding hydrogens is 272 g/mol. The van der Waals surface area contributed by atoms with Gasteiger partial charge in [0.05, 0.1) is 0 Å². The van der Waals surface area contributed by atoms with Gasteiger partial charge in [0.25, 0.3) is 0 Å². The maximum absolute atomic E-state index is 5.91. The predicted molar refractivity (Wildman–Crippen MR) is 91.3 cm³/mol. The Hall–Kier alpha value is -0.740. The van der Waals surface area contributed by atoms with Crippen molar-refractivity contribution in [3.05, 3.63) is 23.8 Å². The van der Waals surface area contributed by atoms with Gasteiger partial charge < -0.3 is 11.1 Å². The molecule has 0 aliphatic carbocycles. The van der Waals surface area contributed by atoms with E-state index in [1.54, 1.807) is 11.8 Å². The SMILES string of the molecule is CCCC(CC)Nc1cccc(SCC)c1C(N)=S. The standard InChI is InChI=1S/C15H24N2S2/c1-4-8-11(5-2)17-12-9-7-10-13(19-6-3)14(12)15(16)18/h7,9-11,17H,4-6,8H2,1-3H3,(H2,16,18). The van der Waals surface area contributed by atoms with Gasteiger partial charge in [-0.1, -0.05) is 45.5 Å². The lowest BCUT2D eigenvalue weighted by Crippen LogP contribution is -2.22. The summed E-state index contributed by atoms with van der Waals surface area (Å²) in [6.45, 7) is 6.56. The molecule has 1 unspecified atom stereocenters. The lowest BCUT2D eigenvalue weighted by Gasteiger charge is -2.21. The maximum atomic E-state index is 5.91.